The molecule has 0 saturated heterocycles. The van der Waals surface area contributed by atoms with Crippen LogP contribution in [0.4, 0.5) is 0 Å². The molecule has 0 bridgehead atoms. The van der Waals surface area contributed by atoms with E-state index in [1.165, 1.54) is 93.7 Å². The lowest BCUT2D eigenvalue weighted by Gasteiger charge is -2.19. The van der Waals surface area contributed by atoms with Gasteiger partial charge in [-0.25, -0.2) is 0 Å². The molecule has 0 amide bonds. The maximum absolute atomic E-state index is 4.40. The maximum Gasteiger partial charge on any atom is 0.0378 e. The van der Waals surface area contributed by atoms with Gasteiger partial charge in [-0.2, -0.15) is 0 Å². The van der Waals surface area contributed by atoms with Crippen molar-refractivity contribution in [2.75, 3.05) is 6.54 Å². The van der Waals surface area contributed by atoms with Crippen LogP contribution in [0.25, 0.3) is 82.4 Å². The van der Waals surface area contributed by atoms with Crippen LogP contribution in [0.2, 0.25) is 0 Å². The summed E-state index contributed by atoms with van der Waals surface area (Å²) in [5.41, 5.74) is 14.5. The van der Waals surface area contributed by atoms with E-state index < -0.39 is 0 Å². The van der Waals surface area contributed by atoms with Crippen molar-refractivity contribution in [1.29, 1.82) is 0 Å². The zero-order valence-electron chi connectivity index (χ0n) is 28.2. The fraction of sp³-hybridized carbons (Fsp3) is 0.0625. The van der Waals surface area contributed by atoms with Gasteiger partial charge in [-0.15, -0.1) is 0 Å². The zero-order valence-corrected chi connectivity index (χ0v) is 28.2. The summed E-state index contributed by atoms with van der Waals surface area (Å²) in [6.45, 7) is 5.03. The lowest BCUT2D eigenvalue weighted by Crippen LogP contribution is -2.14. The van der Waals surface area contributed by atoms with Crippen molar-refractivity contribution < 1.29 is 0 Å². The van der Waals surface area contributed by atoms with Gasteiger partial charge in [0.05, 0.1) is 0 Å². The highest BCUT2D eigenvalue weighted by atomic mass is 14.9. The molecule has 2 heteroatoms. The second-order valence-corrected chi connectivity index (χ2v) is 13.3. The third-order valence-electron chi connectivity index (χ3n) is 10.1. The number of nitrogens with one attached hydrogen (secondary N) is 1. The average Bonchev–Trinajstić information content (AvgIpc) is 3.17. The molecule has 1 aromatic heterocycles. The number of dihydropyridines is 1. The second-order valence-electron chi connectivity index (χ2n) is 13.3. The van der Waals surface area contributed by atoms with Crippen molar-refractivity contribution >= 4 is 37.9 Å². The minimum atomic E-state index is 0.858. The molecule has 50 heavy (non-hydrogen) atoms. The van der Waals surface area contributed by atoms with E-state index >= 15 is 0 Å². The van der Waals surface area contributed by atoms with Gasteiger partial charge >= 0.3 is 0 Å². The molecule has 1 N–H and O–H groups in total. The van der Waals surface area contributed by atoms with Crippen molar-refractivity contribution in [2.24, 2.45) is 0 Å². The molecule has 0 saturated carbocycles. The summed E-state index contributed by atoms with van der Waals surface area (Å²) in [5, 5.41) is 10.9. The van der Waals surface area contributed by atoms with E-state index in [9.17, 15) is 0 Å². The normalized spacial score (nSPS) is 12.9. The molecule has 0 radical (unpaired) electrons. The van der Waals surface area contributed by atoms with Gasteiger partial charge in [0, 0.05) is 24.1 Å². The third-order valence-corrected chi connectivity index (χ3v) is 10.1. The number of hydrogen-bond acceptors (Lipinski definition) is 2. The molecule has 0 unspecified atom stereocenters. The number of rotatable bonds is 5. The smallest absolute Gasteiger partial charge is 0.0378 e. The quantitative estimate of drug-likeness (QED) is 0.189. The summed E-state index contributed by atoms with van der Waals surface area (Å²) in [4.78, 5) is 4.40. The molecule has 2 nitrogen and oxygen atoms in total. The Labute approximate surface area is 293 Å². The number of pyridine rings is 1. The van der Waals surface area contributed by atoms with Gasteiger partial charge in [-0.1, -0.05) is 127 Å². The summed E-state index contributed by atoms with van der Waals surface area (Å²) >= 11 is 0. The summed E-state index contributed by atoms with van der Waals surface area (Å²) in [7, 11) is 0. The fourth-order valence-corrected chi connectivity index (χ4v) is 7.60. The van der Waals surface area contributed by atoms with E-state index in [1.807, 2.05) is 13.1 Å². The van der Waals surface area contributed by atoms with Crippen molar-refractivity contribution in [1.82, 2.24) is 10.3 Å². The fourth-order valence-electron chi connectivity index (χ4n) is 7.60. The molecule has 9 rings (SSSR count). The van der Waals surface area contributed by atoms with Crippen LogP contribution in [0, 0.1) is 6.92 Å². The Bertz CT molecular complexity index is 2640. The van der Waals surface area contributed by atoms with Gasteiger partial charge in [0.2, 0.25) is 0 Å². The summed E-state index contributed by atoms with van der Waals surface area (Å²) in [6, 6.07) is 53.8. The van der Waals surface area contributed by atoms with Crippen molar-refractivity contribution in [3.05, 3.63) is 181 Å². The Morgan fingerprint density at radius 2 is 1.02 bits per heavy atom. The number of benzene rings is 7. The largest absolute Gasteiger partial charge is 0.385 e. The minimum Gasteiger partial charge on any atom is -0.385 e. The second kappa shape index (κ2) is 12.3. The maximum atomic E-state index is 4.40. The van der Waals surface area contributed by atoms with Gasteiger partial charge in [-0.3, -0.25) is 4.98 Å². The molecule has 1 aliphatic heterocycles. The first kappa shape index (κ1) is 29.9. The summed E-state index contributed by atoms with van der Waals surface area (Å²) in [5.74, 6) is 0. The Kier molecular flexibility index (Phi) is 7.36. The first-order chi connectivity index (χ1) is 24.6. The van der Waals surface area contributed by atoms with Crippen molar-refractivity contribution in [3.63, 3.8) is 0 Å². The molecule has 2 heterocycles. The number of aryl methyl sites for hydroxylation is 1. The Hall–Kier alpha value is -6.25. The monoisotopic (exact) mass is 640 g/mol. The van der Waals surface area contributed by atoms with E-state index in [1.54, 1.807) is 0 Å². The van der Waals surface area contributed by atoms with Crippen molar-refractivity contribution in [2.45, 2.75) is 13.8 Å². The standard InChI is InChI=1S/C48H36N2/c1-31-27-41(23-25-49-31)34-11-16-36(17-12-34)47-43-9-5-6-10-44(43)48(37-18-13-35(14-19-37)42-24-26-50-32(2)28-42)46-30-40(21-22-45(46)47)39-20-15-33-7-3-4-8-38(33)29-39/h3-25,27-30,50H,26H2,1-2H3. The number of aromatic nitrogens is 1. The zero-order chi connectivity index (χ0) is 33.6. The Morgan fingerprint density at radius 3 is 1.74 bits per heavy atom. The number of fused-ring (bicyclic) bond motifs is 3. The number of nitrogens with zero attached hydrogens (tertiary/aromatic N) is 1. The van der Waals surface area contributed by atoms with Crippen LogP contribution in [0.1, 0.15) is 18.2 Å². The van der Waals surface area contributed by atoms with E-state index in [2.05, 4.69) is 175 Å². The van der Waals surface area contributed by atoms with Gasteiger partial charge in [0.1, 0.15) is 0 Å². The van der Waals surface area contributed by atoms with Crippen LogP contribution in [-0.2, 0) is 0 Å². The van der Waals surface area contributed by atoms with Crippen LogP contribution in [0.3, 0.4) is 0 Å². The first-order valence-corrected chi connectivity index (χ1v) is 17.3. The molecule has 7 aromatic carbocycles. The lowest BCUT2D eigenvalue weighted by atomic mass is 9.84. The van der Waals surface area contributed by atoms with Gasteiger partial charge in [-0.05, 0) is 132 Å². The van der Waals surface area contributed by atoms with Crippen LogP contribution in [0.15, 0.2) is 170 Å². The van der Waals surface area contributed by atoms with E-state index in [0.29, 0.717) is 0 Å². The summed E-state index contributed by atoms with van der Waals surface area (Å²) < 4.78 is 0. The van der Waals surface area contributed by atoms with Gasteiger partial charge in [0.15, 0.2) is 0 Å². The molecule has 0 spiro atoms. The number of hydrogen-bond donors (Lipinski definition) is 1. The minimum absolute atomic E-state index is 0.858. The van der Waals surface area contributed by atoms with Crippen LogP contribution >= 0.6 is 0 Å². The predicted octanol–water partition coefficient (Wildman–Crippen LogP) is 12.4. The molecule has 8 aromatic rings. The number of allylic oxidation sites excluding steroid dienone is 3. The highest BCUT2D eigenvalue weighted by Gasteiger charge is 2.18. The van der Waals surface area contributed by atoms with Crippen LogP contribution in [-0.4, -0.2) is 11.5 Å². The first-order valence-electron chi connectivity index (χ1n) is 17.3. The SMILES string of the molecule is CC1=CC(c2ccc(-c3c4ccccc4c(-c4ccc(-c5ccnc(C)c5)cc4)c4ccc(-c5ccc6ccccc6c5)cc34)cc2)=CCN1. The van der Waals surface area contributed by atoms with E-state index in [0.717, 1.165) is 12.2 Å². The third kappa shape index (κ3) is 5.36. The Balaban J connectivity index is 1.27. The van der Waals surface area contributed by atoms with Gasteiger partial charge < -0.3 is 5.32 Å². The lowest BCUT2D eigenvalue weighted by molar-refractivity contribution is 0.895. The van der Waals surface area contributed by atoms with Crippen LogP contribution in [0.5, 0.6) is 0 Å². The Morgan fingerprint density at radius 1 is 0.460 bits per heavy atom. The predicted molar refractivity (Wildman–Crippen MR) is 213 cm³/mol. The van der Waals surface area contributed by atoms with Crippen LogP contribution < -0.4 is 5.32 Å². The molecule has 1 aliphatic rings. The average molecular weight is 641 g/mol. The van der Waals surface area contributed by atoms with E-state index in [-0.39, 0.29) is 0 Å². The highest BCUT2D eigenvalue weighted by Crippen LogP contribution is 2.45. The highest BCUT2D eigenvalue weighted by molar-refractivity contribution is 6.22. The molecule has 238 valence electrons. The molecule has 0 atom stereocenters. The molecular weight excluding hydrogens is 605 g/mol. The summed E-state index contributed by atoms with van der Waals surface area (Å²) in [6.07, 6.45) is 6.38. The van der Waals surface area contributed by atoms with Gasteiger partial charge in [0.25, 0.3) is 0 Å². The molecule has 0 aliphatic carbocycles. The molecular formula is C48H36N2. The topological polar surface area (TPSA) is 24.9 Å². The molecule has 0 fully saturated rings. The van der Waals surface area contributed by atoms with Crippen molar-refractivity contribution in [3.8, 4) is 44.5 Å². The van der Waals surface area contributed by atoms with E-state index in [4.69, 9.17) is 0 Å².